The van der Waals surface area contributed by atoms with Crippen molar-refractivity contribution in [2.75, 3.05) is 18.1 Å². The van der Waals surface area contributed by atoms with E-state index in [0.29, 0.717) is 11.5 Å². The smallest absolute Gasteiger partial charge is 0.113 e. The van der Waals surface area contributed by atoms with Gasteiger partial charge >= 0.3 is 0 Å². The Hall–Kier alpha value is -0.280. The van der Waals surface area contributed by atoms with E-state index < -0.39 is 11.6 Å². The highest BCUT2D eigenvalue weighted by Crippen LogP contribution is 2.14. The van der Waals surface area contributed by atoms with Gasteiger partial charge in [-0.15, -0.1) is 0 Å². The summed E-state index contributed by atoms with van der Waals surface area (Å²) >= 11 is 1.46. The quantitative estimate of drug-likeness (QED) is 0.590. The normalized spacial score (nSPS) is 17.1. The minimum absolute atomic E-state index is 0.228. The lowest BCUT2D eigenvalue weighted by molar-refractivity contribution is 0.113. The Bertz CT molecular complexity index is 218. The van der Waals surface area contributed by atoms with Crippen LogP contribution < -0.4 is 5.32 Å². The first-order chi connectivity index (χ1) is 6.93. The molecule has 88 valence electrons. The summed E-state index contributed by atoms with van der Waals surface area (Å²) in [6.07, 6.45) is -0.697. The molecule has 15 heavy (non-hydrogen) atoms. The van der Waals surface area contributed by atoms with Crippen LogP contribution in [-0.2, 0) is 0 Å². The maximum Gasteiger partial charge on any atom is 0.113 e. The number of nitrogens with zero attached hydrogens (tertiary/aromatic N) is 1. The van der Waals surface area contributed by atoms with Gasteiger partial charge in [-0.2, -0.15) is 17.0 Å². The SMILES string of the molecule is CC(C)NC(C)(C#N)CSCC(O)CO. The zero-order valence-corrected chi connectivity index (χ0v) is 10.3. The Labute approximate surface area is 95.7 Å². The first kappa shape index (κ1) is 14.7. The molecule has 0 saturated heterocycles. The minimum atomic E-state index is -0.697. The van der Waals surface area contributed by atoms with E-state index in [4.69, 9.17) is 15.5 Å². The fourth-order valence-corrected chi connectivity index (χ4v) is 2.25. The van der Waals surface area contributed by atoms with E-state index in [0.717, 1.165) is 0 Å². The summed E-state index contributed by atoms with van der Waals surface area (Å²) in [5, 5.41) is 29.9. The second-order valence-electron chi connectivity index (χ2n) is 4.09. The molecule has 0 rings (SSSR count). The molecule has 0 aliphatic carbocycles. The van der Waals surface area contributed by atoms with Gasteiger partial charge in [0, 0.05) is 17.5 Å². The third-order valence-corrected chi connectivity index (χ3v) is 3.17. The standard InChI is InChI=1S/C10H20N2O2S/c1-8(2)12-10(3,6-11)7-15-5-9(14)4-13/h8-9,12-14H,4-5,7H2,1-3H3. The fraction of sp³-hybridized carbons (Fsp3) is 0.900. The van der Waals surface area contributed by atoms with E-state index in [1.807, 2.05) is 20.8 Å². The Morgan fingerprint density at radius 1 is 1.53 bits per heavy atom. The molecule has 0 fully saturated rings. The Balaban J connectivity index is 3.95. The second kappa shape index (κ2) is 7.07. The lowest BCUT2D eigenvalue weighted by atomic mass is 10.1. The third-order valence-electron chi connectivity index (χ3n) is 1.77. The van der Waals surface area contributed by atoms with Crippen LogP contribution in [0, 0.1) is 11.3 Å². The Morgan fingerprint density at radius 2 is 2.13 bits per heavy atom. The maximum absolute atomic E-state index is 9.14. The van der Waals surface area contributed by atoms with Crippen LogP contribution in [0.5, 0.6) is 0 Å². The molecule has 0 spiro atoms. The van der Waals surface area contributed by atoms with Crippen LogP contribution in [0.4, 0.5) is 0 Å². The molecule has 0 saturated carbocycles. The van der Waals surface area contributed by atoms with Gasteiger partial charge in [-0.05, 0) is 20.8 Å². The van der Waals surface area contributed by atoms with Gasteiger partial charge in [0.2, 0.25) is 0 Å². The van der Waals surface area contributed by atoms with Crippen molar-refractivity contribution in [2.24, 2.45) is 0 Å². The second-order valence-corrected chi connectivity index (χ2v) is 5.12. The van der Waals surface area contributed by atoms with Crippen LogP contribution in [-0.4, -0.2) is 46.0 Å². The van der Waals surface area contributed by atoms with Crippen LogP contribution in [0.2, 0.25) is 0 Å². The van der Waals surface area contributed by atoms with Crippen LogP contribution in [0.15, 0.2) is 0 Å². The molecule has 0 radical (unpaired) electrons. The first-order valence-corrected chi connectivity index (χ1v) is 6.14. The highest BCUT2D eigenvalue weighted by Gasteiger charge is 2.24. The van der Waals surface area contributed by atoms with Gasteiger partial charge in [0.05, 0.1) is 18.8 Å². The third kappa shape index (κ3) is 6.74. The Morgan fingerprint density at radius 3 is 2.53 bits per heavy atom. The summed E-state index contributed by atoms with van der Waals surface area (Å²) in [6.45, 7) is 5.59. The zero-order valence-electron chi connectivity index (χ0n) is 9.53. The van der Waals surface area contributed by atoms with Crippen molar-refractivity contribution in [3.8, 4) is 6.07 Å². The summed E-state index contributed by atoms with van der Waals surface area (Å²) < 4.78 is 0. The molecule has 0 aromatic rings. The summed E-state index contributed by atoms with van der Waals surface area (Å²) in [5.74, 6) is 1.05. The van der Waals surface area contributed by atoms with E-state index in [2.05, 4.69) is 11.4 Å². The molecule has 5 heteroatoms. The topological polar surface area (TPSA) is 76.3 Å². The van der Waals surface area contributed by atoms with Crippen molar-refractivity contribution in [3.05, 3.63) is 0 Å². The number of rotatable bonds is 7. The average molecular weight is 232 g/mol. The van der Waals surface area contributed by atoms with Gasteiger partial charge in [-0.1, -0.05) is 0 Å². The number of aliphatic hydroxyl groups is 2. The molecule has 0 aromatic carbocycles. The van der Waals surface area contributed by atoms with Gasteiger partial charge in [-0.25, -0.2) is 0 Å². The number of aliphatic hydroxyl groups excluding tert-OH is 2. The van der Waals surface area contributed by atoms with Crippen LogP contribution in [0.3, 0.4) is 0 Å². The molecule has 0 bridgehead atoms. The van der Waals surface area contributed by atoms with E-state index >= 15 is 0 Å². The van der Waals surface area contributed by atoms with Gasteiger partial charge in [0.1, 0.15) is 5.54 Å². The molecule has 0 heterocycles. The molecule has 4 nitrogen and oxygen atoms in total. The number of nitriles is 1. The molecule has 0 aliphatic rings. The van der Waals surface area contributed by atoms with Crippen molar-refractivity contribution in [1.29, 1.82) is 5.26 Å². The molecule has 0 amide bonds. The van der Waals surface area contributed by atoms with E-state index in [1.165, 1.54) is 11.8 Å². The van der Waals surface area contributed by atoms with Crippen LogP contribution in [0.1, 0.15) is 20.8 Å². The van der Waals surface area contributed by atoms with Gasteiger partial charge < -0.3 is 10.2 Å². The Kier molecular flexibility index (Phi) is 6.94. The molecule has 2 atom stereocenters. The predicted octanol–water partition coefficient (Wildman–Crippen LogP) is 0.353. The molecule has 3 N–H and O–H groups in total. The average Bonchev–Trinajstić information content (AvgIpc) is 2.16. The molecule has 0 aromatic heterocycles. The van der Waals surface area contributed by atoms with Crippen molar-refractivity contribution in [1.82, 2.24) is 5.32 Å². The number of thioether (sulfide) groups is 1. The first-order valence-electron chi connectivity index (χ1n) is 4.99. The largest absolute Gasteiger partial charge is 0.394 e. The number of hydrogen-bond acceptors (Lipinski definition) is 5. The fourth-order valence-electron chi connectivity index (χ4n) is 1.20. The number of nitrogens with one attached hydrogen (secondary N) is 1. The molecular weight excluding hydrogens is 212 g/mol. The highest BCUT2D eigenvalue weighted by atomic mass is 32.2. The summed E-state index contributed by atoms with van der Waals surface area (Å²) in [6, 6.07) is 2.47. The van der Waals surface area contributed by atoms with Crippen LogP contribution in [0.25, 0.3) is 0 Å². The summed E-state index contributed by atoms with van der Waals surface area (Å²) in [4.78, 5) is 0. The summed E-state index contributed by atoms with van der Waals surface area (Å²) in [7, 11) is 0. The van der Waals surface area contributed by atoms with Crippen LogP contribution >= 0.6 is 11.8 Å². The van der Waals surface area contributed by atoms with E-state index in [1.54, 1.807) is 0 Å². The van der Waals surface area contributed by atoms with Gasteiger partial charge in [-0.3, -0.25) is 5.32 Å². The predicted molar refractivity (Wildman–Crippen MR) is 62.7 cm³/mol. The number of hydrogen-bond donors (Lipinski definition) is 3. The van der Waals surface area contributed by atoms with Gasteiger partial charge in [0.25, 0.3) is 0 Å². The summed E-state index contributed by atoms with van der Waals surface area (Å²) in [5.41, 5.74) is -0.575. The molecule has 2 unspecified atom stereocenters. The van der Waals surface area contributed by atoms with Gasteiger partial charge in [0.15, 0.2) is 0 Å². The highest BCUT2D eigenvalue weighted by molar-refractivity contribution is 7.99. The van der Waals surface area contributed by atoms with Crippen molar-refractivity contribution in [3.63, 3.8) is 0 Å². The molecule has 0 aliphatic heterocycles. The lowest BCUT2D eigenvalue weighted by Gasteiger charge is -2.25. The zero-order chi connectivity index (χ0) is 11.9. The molecular formula is C10H20N2O2S. The maximum atomic E-state index is 9.14. The lowest BCUT2D eigenvalue weighted by Crippen LogP contribution is -2.47. The van der Waals surface area contributed by atoms with Crippen molar-refractivity contribution < 1.29 is 10.2 Å². The minimum Gasteiger partial charge on any atom is -0.394 e. The van der Waals surface area contributed by atoms with E-state index in [9.17, 15) is 0 Å². The van der Waals surface area contributed by atoms with Crippen molar-refractivity contribution >= 4 is 11.8 Å². The monoisotopic (exact) mass is 232 g/mol. The van der Waals surface area contributed by atoms with E-state index in [-0.39, 0.29) is 12.6 Å². The van der Waals surface area contributed by atoms with Crippen molar-refractivity contribution in [2.45, 2.75) is 38.5 Å².